The number of fused-ring (bicyclic) bond motifs is 1. The topological polar surface area (TPSA) is 102 Å². The van der Waals surface area contributed by atoms with E-state index in [1.165, 1.54) is 0 Å². The van der Waals surface area contributed by atoms with Crippen molar-refractivity contribution in [2.75, 3.05) is 6.61 Å². The number of hydrogen-bond acceptors (Lipinski definition) is 4. The first kappa shape index (κ1) is 15.3. The molecule has 114 valence electrons. The lowest BCUT2D eigenvalue weighted by atomic mass is 9.48. The fourth-order valence-corrected chi connectivity index (χ4v) is 3.68. The van der Waals surface area contributed by atoms with Gasteiger partial charge >= 0.3 is 5.97 Å². The van der Waals surface area contributed by atoms with E-state index in [2.05, 4.69) is 5.32 Å². The van der Waals surface area contributed by atoms with Gasteiger partial charge in [-0.15, -0.1) is 0 Å². The summed E-state index contributed by atoms with van der Waals surface area (Å²) < 4.78 is 5.65. The minimum atomic E-state index is -0.996. The van der Waals surface area contributed by atoms with Gasteiger partial charge in [0, 0.05) is 23.5 Å². The molecule has 0 aromatic rings. The molecule has 20 heavy (non-hydrogen) atoms. The third-order valence-corrected chi connectivity index (χ3v) is 4.87. The summed E-state index contributed by atoms with van der Waals surface area (Å²) in [5.41, 5.74) is 4.14. The molecular weight excluding hydrogens is 260 g/mol. The molecule has 1 saturated heterocycles. The zero-order valence-electron chi connectivity index (χ0n) is 12.5. The monoisotopic (exact) mass is 284 g/mol. The van der Waals surface area contributed by atoms with Gasteiger partial charge in [0.1, 0.15) is 5.54 Å². The molecule has 4 N–H and O–H groups in total. The maximum Gasteiger partial charge on any atom is 0.305 e. The Kier molecular flexibility index (Phi) is 3.38. The zero-order chi connectivity index (χ0) is 15.3. The number of nitrogens with one attached hydrogen (secondary N) is 1. The first-order chi connectivity index (χ1) is 9.02. The fourth-order valence-electron chi connectivity index (χ4n) is 3.68. The van der Waals surface area contributed by atoms with Crippen LogP contribution in [0.1, 0.15) is 40.5 Å². The van der Waals surface area contributed by atoms with Gasteiger partial charge in [-0.05, 0) is 20.3 Å². The van der Waals surface area contributed by atoms with Crippen molar-refractivity contribution < 1.29 is 19.4 Å². The Morgan fingerprint density at radius 1 is 1.45 bits per heavy atom. The molecule has 1 heterocycles. The van der Waals surface area contributed by atoms with Crippen molar-refractivity contribution in [3.8, 4) is 0 Å². The Bertz CT molecular complexity index is 446. The van der Waals surface area contributed by atoms with E-state index in [-0.39, 0.29) is 24.3 Å². The van der Waals surface area contributed by atoms with Crippen LogP contribution in [-0.4, -0.2) is 40.8 Å². The van der Waals surface area contributed by atoms with Crippen LogP contribution in [0.2, 0.25) is 0 Å². The fraction of sp³-hybridized carbons (Fsp3) is 0.857. The van der Waals surface area contributed by atoms with Crippen LogP contribution >= 0.6 is 0 Å². The number of amides is 1. The Hall–Kier alpha value is -1.14. The number of ether oxygens (including phenoxy) is 1. The molecule has 1 saturated carbocycles. The Morgan fingerprint density at radius 2 is 2.05 bits per heavy atom. The van der Waals surface area contributed by atoms with Crippen LogP contribution in [0.25, 0.3) is 0 Å². The van der Waals surface area contributed by atoms with Crippen molar-refractivity contribution in [1.82, 2.24) is 5.32 Å². The molecule has 3 atom stereocenters. The molecule has 2 fully saturated rings. The second kappa shape index (κ2) is 4.43. The number of carbonyl (C=O) groups excluding carboxylic acids is 1. The first-order valence-electron chi connectivity index (χ1n) is 6.97. The van der Waals surface area contributed by atoms with Gasteiger partial charge in [-0.3, -0.25) is 9.59 Å². The second-order valence-electron chi connectivity index (χ2n) is 7.19. The van der Waals surface area contributed by atoms with Crippen molar-refractivity contribution >= 4 is 11.9 Å². The first-order valence-corrected chi connectivity index (χ1v) is 6.97. The normalized spacial score (nSPS) is 35.0. The average Bonchev–Trinajstić information content (AvgIpc) is 2.72. The molecule has 0 bridgehead atoms. The molecule has 2 aliphatic rings. The predicted octanol–water partition coefficient (Wildman–Crippen LogP) is 0.498. The van der Waals surface area contributed by atoms with Gasteiger partial charge in [0.25, 0.3) is 0 Å². The van der Waals surface area contributed by atoms with Gasteiger partial charge < -0.3 is 20.9 Å². The van der Waals surface area contributed by atoms with Crippen molar-refractivity contribution in [2.45, 2.75) is 57.7 Å². The highest BCUT2D eigenvalue weighted by molar-refractivity contribution is 5.90. The molecule has 1 aliphatic heterocycles. The molecule has 0 aromatic heterocycles. The molecule has 3 unspecified atom stereocenters. The summed E-state index contributed by atoms with van der Waals surface area (Å²) in [6.45, 7) is 7.88. The van der Waals surface area contributed by atoms with E-state index in [4.69, 9.17) is 15.6 Å². The van der Waals surface area contributed by atoms with Gasteiger partial charge in [0.2, 0.25) is 5.91 Å². The molecule has 1 aliphatic carbocycles. The lowest BCUT2D eigenvalue weighted by molar-refractivity contribution is -0.176. The highest BCUT2D eigenvalue weighted by Gasteiger charge is 2.71. The lowest BCUT2D eigenvalue weighted by Crippen LogP contribution is -2.81. The minimum absolute atomic E-state index is 0.0122. The van der Waals surface area contributed by atoms with E-state index in [9.17, 15) is 9.59 Å². The Morgan fingerprint density at radius 3 is 2.60 bits per heavy atom. The summed E-state index contributed by atoms with van der Waals surface area (Å²) >= 11 is 0. The zero-order valence-corrected chi connectivity index (χ0v) is 12.5. The largest absolute Gasteiger partial charge is 0.481 e. The van der Waals surface area contributed by atoms with Crippen LogP contribution in [0.15, 0.2) is 0 Å². The lowest BCUT2D eigenvalue weighted by Gasteiger charge is -2.61. The van der Waals surface area contributed by atoms with Crippen molar-refractivity contribution in [1.29, 1.82) is 0 Å². The van der Waals surface area contributed by atoms with Crippen LogP contribution in [0, 0.1) is 11.3 Å². The number of hydrogen-bond donors (Lipinski definition) is 3. The van der Waals surface area contributed by atoms with Crippen LogP contribution in [0.5, 0.6) is 0 Å². The number of nitrogens with two attached hydrogens (primary N) is 1. The maximum absolute atomic E-state index is 12.6. The summed E-state index contributed by atoms with van der Waals surface area (Å²) in [6, 6.07) is 0. The molecule has 1 amide bonds. The number of carboxylic acid groups (broad SMARTS) is 1. The molecular formula is C14H24N2O4. The summed E-state index contributed by atoms with van der Waals surface area (Å²) in [6.07, 6.45) is 0.651. The second-order valence-corrected chi connectivity index (χ2v) is 7.19. The summed E-state index contributed by atoms with van der Waals surface area (Å²) in [5, 5.41) is 11.7. The molecule has 0 spiro atoms. The van der Waals surface area contributed by atoms with E-state index >= 15 is 0 Å². The summed E-state index contributed by atoms with van der Waals surface area (Å²) in [7, 11) is 0. The molecule has 2 rings (SSSR count). The molecule has 6 heteroatoms. The van der Waals surface area contributed by atoms with E-state index in [0.29, 0.717) is 6.61 Å². The predicted molar refractivity (Wildman–Crippen MR) is 73.0 cm³/mol. The average molecular weight is 284 g/mol. The van der Waals surface area contributed by atoms with Crippen LogP contribution in [0.4, 0.5) is 0 Å². The number of carbonyl (C=O) groups is 2. The third-order valence-electron chi connectivity index (χ3n) is 4.87. The van der Waals surface area contributed by atoms with Gasteiger partial charge in [-0.25, -0.2) is 0 Å². The van der Waals surface area contributed by atoms with E-state index in [1.807, 2.05) is 13.8 Å². The van der Waals surface area contributed by atoms with E-state index < -0.39 is 22.5 Å². The number of aliphatic carboxylic acids is 1. The Labute approximate surface area is 119 Å². The number of rotatable bonds is 4. The van der Waals surface area contributed by atoms with Gasteiger partial charge in [0.05, 0.1) is 12.5 Å². The van der Waals surface area contributed by atoms with Crippen LogP contribution in [-0.2, 0) is 14.3 Å². The molecule has 0 aromatic carbocycles. The van der Waals surface area contributed by atoms with Crippen LogP contribution < -0.4 is 11.1 Å². The maximum atomic E-state index is 12.6. The SMILES string of the molecule is CC(C)(CC(=O)O)NC(=O)C1(N)C2CCOC2C1(C)C. The van der Waals surface area contributed by atoms with Crippen LogP contribution in [0.3, 0.4) is 0 Å². The highest BCUT2D eigenvalue weighted by Crippen LogP contribution is 2.58. The Balaban J connectivity index is 2.14. The van der Waals surface area contributed by atoms with E-state index in [0.717, 1.165) is 6.42 Å². The van der Waals surface area contributed by atoms with Crippen molar-refractivity contribution in [3.05, 3.63) is 0 Å². The summed E-state index contributed by atoms with van der Waals surface area (Å²) in [4.78, 5) is 23.5. The van der Waals surface area contributed by atoms with Crippen molar-refractivity contribution in [2.24, 2.45) is 17.1 Å². The van der Waals surface area contributed by atoms with Gasteiger partial charge in [-0.1, -0.05) is 13.8 Å². The summed E-state index contributed by atoms with van der Waals surface area (Å²) in [5.74, 6) is -1.21. The van der Waals surface area contributed by atoms with Gasteiger partial charge in [0.15, 0.2) is 0 Å². The number of carboxylic acids is 1. The highest BCUT2D eigenvalue weighted by atomic mass is 16.5. The molecule has 6 nitrogen and oxygen atoms in total. The quantitative estimate of drug-likeness (QED) is 0.697. The third kappa shape index (κ3) is 2.02. The minimum Gasteiger partial charge on any atom is -0.481 e. The molecule has 0 radical (unpaired) electrons. The van der Waals surface area contributed by atoms with E-state index in [1.54, 1.807) is 13.8 Å². The van der Waals surface area contributed by atoms with Crippen molar-refractivity contribution in [3.63, 3.8) is 0 Å². The van der Waals surface area contributed by atoms with Gasteiger partial charge in [-0.2, -0.15) is 0 Å². The smallest absolute Gasteiger partial charge is 0.305 e. The standard InChI is InChI=1S/C14H24N2O4/c1-12(2,7-9(17)18)16-11(19)14(15)8-5-6-20-10(8)13(14,3)4/h8,10H,5-7,15H2,1-4H3,(H,16,19)(H,17,18).